The number of para-hydroxylation sites is 2. The van der Waals surface area contributed by atoms with Crippen molar-refractivity contribution in [3.8, 4) is 5.75 Å². The zero-order valence-corrected chi connectivity index (χ0v) is 15.1. The van der Waals surface area contributed by atoms with E-state index in [-0.39, 0.29) is 30.6 Å². The van der Waals surface area contributed by atoms with Crippen LogP contribution in [0.1, 0.15) is 6.42 Å². The second kappa shape index (κ2) is 8.23. The summed E-state index contributed by atoms with van der Waals surface area (Å²) in [6, 6.07) is 13.6. The maximum Gasteiger partial charge on any atom is 0.238 e. The molecule has 2 aromatic rings. The number of fused-ring (bicyclic) bond motifs is 1. The van der Waals surface area contributed by atoms with Crippen molar-refractivity contribution in [1.82, 2.24) is 4.90 Å². The summed E-state index contributed by atoms with van der Waals surface area (Å²) in [5.74, 6) is -0.602. The molecule has 1 unspecified atom stereocenters. The van der Waals surface area contributed by atoms with Crippen LogP contribution in [0.2, 0.25) is 0 Å². The van der Waals surface area contributed by atoms with Gasteiger partial charge in [0.15, 0.2) is 11.6 Å². The molecule has 3 rings (SSSR count). The van der Waals surface area contributed by atoms with Gasteiger partial charge in [0.2, 0.25) is 11.8 Å². The predicted molar refractivity (Wildman–Crippen MR) is 98.9 cm³/mol. The van der Waals surface area contributed by atoms with Crippen LogP contribution >= 0.6 is 11.8 Å². The summed E-state index contributed by atoms with van der Waals surface area (Å²) in [6.45, 7) is 0.485. The van der Waals surface area contributed by atoms with Crippen LogP contribution in [0.4, 0.5) is 10.1 Å². The lowest BCUT2D eigenvalue weighted by Crippen LogP contribution is -2.37. The largest absolute Gasteiger partial charge is 0.489 e. The number of halogens is 1. The van der Waals surface area contributed by atoms with Crippen LogP contribution in [0.25, 0.3) is 0 Å². The smallest absolute Gasteiger partial charge is 0.238 e. The van der Waals surface area contributed by atoms with Crippen molar-refractivity contribution < 1.29 is 18.7 Å². The van der Waals surface area contributed by atoms with Gasteiger partial charge in [-0.15, -0.1) is 11.8 Å². The van der Waals surface area contributed by atoms with Gasteiger partial charge in [0.25, 0.3) is 0 Å². The first kappa shape index (κ1) is 18.3. The van der Waals surface area contributed by atoms with E-state index in [0.29, 0.717) is 6.54 Å². The Morgan fingerprint density at radius 2 is 1.96 bits per heavy atom. The van der Waals surface area contributed by atoms with Gasteiger partial charge in [-0.25, -0.2) is 4.39 Å². The first-order chi connectivity index (χ1) is 12.5. The van der Waals surface area contributed by atoms with E-state index in [0.717, 1.165) is 10.6 Å². The second-order valence-electron chi connectivity index (χ2n) is 5.89. The molecule has 136 valence electrons. The normalized spacial score (nSPS) is 15.8. The fourth-order valence-corrected chi connectivity index (χ4v) is 3.62. The third kappa shape index (κ3) is 4.35. The number of nitrogens with zero attached hydrogens (tertiary/aromatic N) is 1. The number of hydrogen-bond donors (Lipinski definition) is 1. The molecular weight excluding hydrogens is 355 g/mol. The fraction of sp³-hybridized carbons (Fsp3) is 0.263. The molecule has 0 aromatic heterocycles. The van der Waals surface area contributed by atoms with Gasteiger partial charge < -0.3 is 15.0 Å². The Bertz CT molecular complexity index is 815. The van der Waals surface area contributed by atoms with Gasteiger partial charge >= 0.3 is 0 Å². The van der Waals surface area contributed by atoms with Crippen LogP contribution in [0.15, 0.2) is 53.4 Å². The molecule has 1 aliphatic heterocycles. The SMILES string of the molecule is CN(CCOc1ccccc1F)C(=O)CC1Sc2ccccc2NC1=O. The topological polar surface area (TPSA) is 58.6 Å². The molecular formula is C19H19FN2O3S. The fourth-order valence-electron chi connectivity index (χ4n) is 2.52. The Balaban J connectivity index is 1.50. The van der Waals surface area contributed by atoms with Crippen LogP contribution < -0.4 is 10.1 Å². The molecule has 2 amide bonds. The van der Waals surface area contributed by atoms with Gasteiger partial charge in [-0.05, 0) is 24.3 Å². The molecule has 0 saturated carbocycles. The van der Waals surface area contributed by atoms with E-state index >= 15 is 0 Å². The quantitative estimate of drug-likeness (QED) is 0.844. The summed E-state index contributed by atoms with van der Waals surface area (Å²) in [5.41, 5.74) is 0.776. The Morgan fingerprint density at radius 3 is 2.77 bits per heavy atom. The molecule has 0 radical (unpaired) electrons. The standard InChI is InChI=1S/C19H19FN2O3S/c1-22(10-11-25-15-8-4-2-6-13(15)20)18(23)12-17-19(24)21-14-7-3-5-9-16(14)26-17/h2-9,17H,10-12H2,1H3,(H,21,24). The summed E-state index contributed by atoms with van der Waals surface area (Å²) in [7, 11) is 1.65. The van der Waals surface area contributed by atoms with Gasteiger partial charge in [0.05, 0.1) is 17.5 Å². The van der Waals surface area contributed by atoms with E-state index in [2.05, 4.69) is 5.32 Å². The van der Waals surface area contributed by atoms with Crippen LogP contribution in [-0.2, 0) is 9.59 Å². The molecule has 0 aliphatic carbocycles. The molecule has 1 atom stereocenters. The molecule has 0 spiro atoms. The highest BCUT2D eigenvalue weighted by Gasteiger charge is 2.29. The van der Waals surface area contributed by atoms with Crippen molar-refractivity contribution in [3.05, 3.63) is 54.3 Å². The molecule has 1 heterocycles. The zero-order chi connectivity index (χ0) is 18.5. The summed E-state index contributed by atoms with van der Waals surface area (Å²) in [4.78, 5) is 27.0. The first-order valence-electron chi connectivity index (χ1n) is 8.22. The van der Waals surface area contributed by atoms with Crippen molar-refractivity contribution in [2.45, 2.75) is 16.6 Å². The average molecular weight is 374 g/mol. The van der Waals surface area contributed by atoms with Crippen LogP contribution in [0.5, 0.6) is 5.75 Å². The second-order valence-corrected chi connectivity index (χ2v) is 7.13. The summed E-state index contributed by atoms with van der Waals surface area (Å²) < 4.78 is 18.9. The van der Waals surface area contributed by atoms with Crippen LogP contribution in [-0.4, -0.2) is 42.2 Å². The molecule has 7 heteroatoms. The molecule has 1 N–H and O–H groups in total. The average Bonchev–Trinajstić information content (AvgIpc) is 2.63. The van der Waals surface area contributed by atoms with E-state index in [4.69, 9.17) is 4.74 Å². The lowest BCUT2D eigenvalue weighted by molar-refractivity contribution is -0.131. The van der Waals surface area contributed by atoms with Gasteiger partial charge in [-0.3, -0.25) is 9.59 Å². The van der Waals surface area contributed by atoms with E-state index in [9.17, 15) is 14.0 Å². The monoisotopic (exact) mass is 374 g/mol. The minimum absolute atomic E-state index is 0.0982. The number of carbonyl (C=O) groups excluding carboxylic acids is 2. The molecule has 0 bridgehead atoms. The molecule has 5 nitrogen and oxygen atoms in total. The minimum atomic E-state index is -0.465. The molecule has 26 heavy (non-hydrogen) atoms. The van der Waals surface area contributed by atoms with Gasteiger partial charge in [-0.2, -0.15) is 0 Å². The van der Waals surface area contributed by atoms with Crippen molar-refractivity contribution in [2.75, 3.05) is 25.5 Å². The number of thioether (sulfide) groups is 1. The number of ether oxygens (including phenoxy) is 1. The Labute approximate surface area is 155 Å². The lowest BCUT2D eigenvalue weighted by Gasteiger charge is -2.25. The Hall–Kier alpha value is -2.54. The van der Waals surface area contributed by atoms with Crippen LogP contribution in [0, 0.1) is 5.82 Å². The maximum absolute atomic E-state index is 13.5. The van der Waals surface area contributed by atoms with Crippen molar-refractivity contribution in [1.29, 1.82) is 0 Å². The van der Waals surface area contributed by atoms with Crippen molar-refractivity contribution in [3.63, 3.8) is 0 Å². The Kier molecular flexibility index (Phi) is 5.78. The van der Waals surface area contributed by atoms with Crippen LogP contribution in [0.3, 0.4) is 0 Å². The van der Waals surface area contributed by atoms with Crippen molar-refractivity contribution in [2.24, 2.45) is 0 Å². The van der Waals surface area contributed by atoms with Gasteiger partial charge in [0.1, 0.15) is 6.61 Å². The molecule has 0 saturated heterocycles. The number of benzene rings is 2. The number of nitrogens with one attached hydrogen (secondary N) is 1. The number of carbonyl (C=O) groups is 2. The molecule has 2 aromatic carbocycles. The van der Waals surface area contributed by atoms with E-state index < -0.39 is 11.1 Å². The minimum Gasteiger partial charge on any atom is -0.489 e. The first-order valence-corrected chi connectivity index (χ1v) is 9.10. The maximum atomic E-state index is 13.5. The number of anilines is 1. The van der Waals surface area contributed by atoms with Gasteiger partial charge in [-0.1, -0.05) is 24.3 Å². The van der Waals surface area contributed by atoms with Crippen molar-refractivity contribution >= 4 is 29.3 Å². The number of rotatable bonds is 6. The number of likely N-dealkylation sites (N-methyl/N-ethyl adjacent to an activating group) is 1. The Morgan fingerprint density at radius 1 is 1.23 bits per heavy atom. The number of amides is 2. The van der Waals surface area contributed by atoms with Gasteiger partial charge in [0, 0.05) is 18.4 Å². The summed E-state index contributed by atoms with van der Waals surface area (Å²) >= 11 is 1.39. The summed E-state index contributed by atoms with van der Waals surface area (Å²) in [6.07, 6.45) is 0.0982. The zero-order valence-electron chi connectivity index (χ0n) is 14.3. The molecule has 0 fully saturated rings. The number of hydrogen-bond acceptors (Lipinski definition) is 4. The third-order valence-corrected chi connectivity index (χ3v) is 5.29. The highest BCUT2D eigenvalue weighted by molar-refractivity contribution is 8.01. The van der Waals surface area contributed by atoms with E-state index in [1.807, 2.05) is 24.3 Å². The molecule has 1 aliphatic rings. The lowest BCUT2D eigenvalue weighted by atomic mass is 10.2. The van der Waals surface area contributed by atoms with E-state index in [1.165, 1.54) is 28.8 Å². The predicted octanol–water partition coefficient (Wildman–Crippen LogP) is 3.17. The third-order valence-electron chi connectivity index (χ3n) is 4.01. The summed E-state index contributed by atoms with van der Waals surface area (Å²) in [5, 5.41) is 2.36. The highest BCUT2D eigenvalue weighted by Crippen LogP contribution is 2.36. The van der Waals surface area contributed by atoms with E-state index in [1.54, 1.807) is 19.2 Å². The highest BCUT2D eigenvalue weighted by atomic mass is 32.2.